The number of imidazole rings is 1. The zero-order valence-corrected chi connectivity index (χ0v) is 35.7. The summed E-state index contributed by atoms with van der Waals surface area (Å²) in [5.74, 6) is -0.755. The molecule has 64 heavy (non-hydrogen) atoms. The lowest BCUT2D eigenvalue weighted by atomic mass is 9.88. The summed E-state index contributed by atoms with van der Waals surface area (Å²) in [6.07, 6.45) is 9.13. The largest absolute Gasteiger partial charge is 0.438 e. The first-order valence-corrected chi connectivity index (χ1v) is 21.8. The zero-order valence-electron chi connectivity index (χ0n) is 35.7. The van der Waals surface area contributed by atoms with Crippen molar-refractivity contribution in [1.82, 2.24) is 48.3 Å². The van der Waals surface area contributed by atoms with E-state index >= 15 is 13.6 Å². The number of ether oxygens (including phenoxy) is 1. The summed E-state index contributed by atoms with van der Waals surface area (Å²) >= 11 is 0. The van der Waals surface area contributed by atoms with Crippen molar-refractivity contribution >= 4 is 27.7 Å². The van der Waals surface area contributed by atoms with E-state index in [1.54, 1.807) is 60.7 Å². The SMILES string of the molecule is Cc1cc(-n2nc3c(c2-n2ccn(-c4ccc5c(cnn5C)c4F)c2=O)[C@H](C)N(C(=O)c2cc4cc(C5CCOCC5)ccc4n2C2(c4noc(=O)[nH]4)CC2)CC32CC2)cc(C)c1F. The summed E-state index contributed by atoms with van der Waals surface area (Å²) in [7, 11) is 1.72. The summed E-state index contributed by atoms with van der Waals surface area (Å²) in [5.41, 5.74) is 4.01. The quantitative estimate of drug-likeness (QED) is 0.181. The Morgan fingerprint density at radius 3 is 2.34 bits per heavy atom. The van der Waals surface area contributed by atoms with E-state index in [2.05, 4.69) is 33.4 Å². The van der Waals surface area contributed by atoms with Gasteiger partial charge in [-0.15, -0.1) is 0 Å². The van der Waals surface area contributed by atoms with Gasteiger partial charge in [-0.2, -0.15) is 10.2 Å². The lowest BCUT2D eigenvalue weighted by molar-refractivity contribution is 0.0630. The fourth-order valence-corrected chi connectivity index (χ4v) is 10.6. The molecule has 0 radical (unpaired) electrons. The van der Waals surface area contributed by atoms with Crippen LogP contribution in [0.4, 0.5) is 8.78 Å². The molecule has 3 fully saturated rings. The van der Waals surface area contributed by atoms with Gasteiger partial charge in [-0.25, -0.2) is 23.1 Å². The Morgan fingerprint density at radius 2 is 1.64 bits per heavy atom. The van der Waals surface area contributed by atoms with Crippen LogP contribution in [-0.4, -0.2) is 74.0 Å². The topological polar surface area (TPSA) is 156 Å². The van der Waals surface area contributed by atoms with Crippen molar-refractivity contribution in [1.29, 1.82) is 0 Å². The highest BCUT2D eigenvalue weighted by Gasteiger charge is 2.57. The van der Waals surface area contributed by atoms with E-state index in [1.807, 2.05) is 22.5 Å². The number of fused-ring (bicyclic) bond motifs is 4. The first-order chi connectivity index (χ1) is 30.9. The third-order valence-electron chi connectivity index (χ3n) is 14.4. The van der Waals surface area contributed by atoms with Crippen molar-refractivity contribution in [2.45, 2.75) is 82.2 Å². The highest BCUT2D eigenvalue weighted by atomic mass is 19.1. The van der Waals surface area contributed by atoms with Gasteiger partial charge in [0.05, 0.1) is 40.2 Å². The van der Waals surface area contributed by atoms with Crippen molar-refractivity contribution in [2.75, 3.05) is 19.8 Å². The molecule has 2 aliphatic heterocycles. The van der Waals surface area contributed by atoms with Gasteiger partial charge in [-0.05, 0) is 124 Å². The second-order valence-electron chi connectivity index (χ2n) is 18.2. The first-order valence-electron chi connectivity index (χ1n) is 21.8. The summed E-state index contributed by atoms with van der Waals surface area (Å²) in [4.78, 5) is 47.5. The molecule has 1 spiro atoms. The van der Waals surface area contributed by atoms with Gasteiger partial charge in [0.1, 0.15) is 22.9 Å². The lowest BCUT2D eigenvalue weighted by Crippen LogP contribution is -2.45. The van der Waals surface area contributed by atoms with Crippen LogP contribution in [0.2, 0.25) is 0 Å². The molecule has 0 bridgehead atoms. The van der Waals surface area contributed by atoms with Gasteiger partial charge >= 0.3 is 11.4 Å². The molecule has 1 amide bonds. The number of hydrogen-bond acceptors (Lipinski definition) is 8. The van der Waals surface area contributed by atoms with Gasteiger partial charge in [0.25, 0.3) is 5.91 Å². The van der Waals surface area contributed by atoms with E-state index in [0.29, 0.717) is 83.7 Å². The Balaban J connectivity index is 1.03. The number of carbonyl (C=O) groups excluding carboxylic acids is 1. The number of rotatable bonds is 7. The number of aromatic amines is 1. The molecule has 12 rings (SSSR count). The maximum absolute atomic E-state index is 16.2. The third-order valence-corrected chi connectivity index (χ3v) is 14.4. The molecule has 4 aliphatic rings. The Hall–Kier alpha value is -6.88. The monoisotopic (exact) mass is 866 g/mol. The highest BCUT2D eigenvalue weighted by Crippen LogP contribution is 2.57. The van der Waals surface area contributed by atoms with E-state index in [-0.39, 0.29) is 22.8 Å². The Labute approximate surface area is 363 Å². The predicted molar refractivity (Wildman–Crippen MR) is 231 cm³/mol. The molecule has 7 heterocycles. The maximum atomic E-state index is 16.2. The fraction of sp³-hybridized carbons (Fsp3) is 0.362. The predicted octanol–water partition coefficient (Wildman–Crippen LogP) is 6.91. The normalized spacial score (nSPS) is 19.0. The van der Waals surface area contributed by atoms with Crippen LogP contribution in [0.15, 0.2) is 81.2 Å². The number of carbonyl (C=O) groups is 1. The number of amides is 1. The minimum Gasteiger partial charge on any atom is -0.381 e. The molecule has 17 heteroatoms. The summed E-state index contributed by atoms with van der Waals surface area (Å²) in [6, 6.07) is 14.4. The minimum atomic E-state index is -0.806. The minimum absolute atomic E-state index is 0.0523. The number of aryl methyl sites for hydroxylation is 3. The van der Waals surface area contributed by atoms with Gasteiger partial charge in [-0.1, -0.05) is 11.2 Å². The molecule has 8 aromatic rings. The van der Waals surface area contributed by atoms with Crippen LogP contribution in [0.25, 0.3) is 39.0 Å². The molecule has 2 saturated carbocycles. The zero-order chi connectivity index (χ0) is 44.0. The number of benzene rings is 3. The number of H-pyrrole nitrogens is 1. The van der Waals surface area contributed by atoms with Crippen LogP contribution in [0.3, 0.4) is 0 Å². The van der Waals surface area contributed by atoms with E-state index in [1.165, 1.54) is 27.1 Å². The second kappa shape index (κ2) is 13.6. The summed E-state index contributed by atoms with van der Waals surface area (Å²) in [6.45, 7) is 7.08. The molecule has 15 nitrogen and oxygen atoms in total. The third kappa shape index (κ3) is 5.51. The molecular formula is C47H44F2N10O5. The van der Waals surface area contributed by atoms with Crippen LogP contribution in [0, 0.1) is 25.5 Å². The van der Waals surface area contributed by atoms with Crippen LogP contribution in [0.5, 0.6) is 0 Å². The Bertz CT molecular complexity index is 3360. The van der Waals surface area contributed by atoms with Gasteiger partial charge in [0.15, 0.2) is 11.6 Å². The van der Waals surface area contributed by atoms with Crippen LogP contribution >= 0.6 is 0 Å². The maximum Gasteiger partial charge on any atom is 0.438 e. The molecule has 326 valence electrons. The molecule has 2 aliphatic carbocycles. The Morgan fingerprint density at radius 1 is 0.906 bits per heavy atom. The van der Waals surface area contributed by atoms with Gasteiger partial charge < -0.3 is 14.2 Å². The average molecular weight is 867 g/mol. The van der Waals surface area contributed by atoms with E-state index in [9.17, 15) is 9.59 Å². The van der Waals surface area contributed by atoms with Gasteiger partial charge in [-0.3, -0.25) is 28.1 Å². The summed E-state index contributed by atoms with van der Waals surface area (Å²) in [5, 5.41) is 14.8. The molecule has 1 atom stereocenters. The average Bonchev–Trinajstić information content (AvgIpc) is 3.89. The number of hydrogen-bond donors (Lipinski definition) is 1. The van der Waals surface area contributed by atoms with Crippen LogP contribution in [0.1, 0.15) is 102 Å². The molecule has 1 saturated heterocycles. The van der Waals surface area contributed by atoms with Crippen molar-refractivity contribution in [3.63, 3.8) is 0 Å². The van der Waals surface area contributed by atoms with Crippen molar-refractivity contribution in [3.8, 4) is 17.2 Å². The number of nitrogens with one attached hydrogen (secondary N) is 1. The first kappa shape index (κ1) is 38.8. The number of halogens is 2. The lowest BCUT2D eigenvalue weighted by Gasteiger charge is -2.38. The van der Waals surface area contributed by atoms with Crippen molar-refractivity contribution in [2.24, 2.45) is 7.05 Å². The van der Waals surface area contributed by atoms with E-state index in [0.717, 1.165) is 42.3 Å². The van der Waals surface area contributed by atoms with Gasteiger partial charge in [0.2, 0.25) is 0 Å². The summed E-state index contributed by atoms with van der Waals surface area (Å²) < 4.78 is 50.0. The van der Waals surface area contributed by atoms with Crippen molar-refractivity contribution in [3.05, 3.63) is 139 Å². The molecule has 1 N–H and O–H groups in total. The molecule has 5 aromatic heterocycles. The van der Waals surface area contributed by atoms with Crippen molar-refractivity contribution < 1.29 is 22.8 Å². The standard InChI is InChI=1S/C47H44F2N10O5/c1-25-19-31(20-26(2)38(25)48)59-41(56-16-15-55(45(56)62)35-8-7-34-32(39(35)49)23-50-54(34)4)37-27(3)57(24-46(11-12-46)40(37)52-59)42(60)36-22-30-21-29(28-9-17-63-18-10-28)5-6-33(30)58(36)47(13-14-47)43-51-44(61)64-53-43/h5-8,15-16,19-23,27-28H,9-14,17-18,24H2,1-4H3,(H,51,53,61)/t27-/m0/s1. The molecular weight excluding hydrogens is 823 g/mol. The molecule has 0 unspecified atom stereocenters. The highest BCUT2D eigenvalue weighted by molar-refractivity contribution is 6.00. The second-order valence-corrected chi connectivity index (χ2v) is 18.2. The number of aromatic nitrogens is 9. The van der Waals surface area contributed by atoms with Crippen LogP contribution in [-0.2, 0) is 22.7 Å². The van der Waals surface area contributed by atoms with E-state index < -0.39 is 34.3 Å². The smallest absolute Gasteiger partial charge is 0.381 e. The number of nitrogens with zero attached hydrogens (tertiary/aromatic N) is 9. The fourth-order valence-electron chi connectivity index (χ4n) is 10.6. The van der Waals surface area contributed by atoms with Gasteiger partial charge in [0, 0.05) is 61.1 Å². The molecule has 3 aromatic carbocycles. The van der Waals surface area contributed by atoms with E-state index in [4.69, 9.17) is 14.4 Å². The van der Waals surface area contributed by atoms with Crippen LogP contribution < -0.4 is 11.4 Å². The Kier molecular flexibility index (Phi) is 8.22.